The van der Waals surface area contributed by atoms with Crippen LogP contribution in [0.2, 0.25) is 5.02 Å². The summed E-state index contributed by atoms with van der Waals surface area (Å²) < 4.78 is 5.02. The number of anilines is 2. The van der Waals surface area contributed by atoms with Gasteiger partial charge in [0.25, 0.3) is 0 Å². The molecule has 0 aromatic heterocycles. The van der Waals surface area contributed by atoms with Gasteiger partial charge in [0.2, 0.25) is 5.91 Å². The SMILES string of the molecule is CCOC(=O)c1ccccc1NCCC(=O)Nc1cccc(Cl)c1. The number of amides is 1. The summed E-state index contributed by atoms with van der Waals surface area (Å²) in [6, 6.07) is 14.0. The van der Waals surface area contributed by atoms with Gasteiger partial charge in [-0.2, -0.15) is 0 Å². The lowest BCUT2D eigenvalue weighted by Gasteiger charge is -2.11. The first-order valence-electron chi connectivity index (χ1n) is 7.65. The monoisotopic (exact) mass is 346 g/mol. The van der Waals surface area contributed by atoms with Gasteiger partial charge in [-0.25, -0.2) is 4.79 Å². The fourth-order valence-corrected chi connectivity index (χ4v) is 2.31. The summed E-state index contributed by atoms with van der Waals surface area (Å²) in [5, 5.41) is 6.43. The van der Waals surface area contributed by atoms with Crippen molar-refractivity contribution in [3.05, 3.63) is 59.1 Å². The van der Waals surface area contributed by atoms with Crippen molar-refractivity contribution in [1.82, 2.24) is 0 Å². The van der Waals surface area contributed by atoms with Crippen LogP contribution in [0.4, 0.5) is 11.4 Å². The number of para-hydroxylation sites is 1. The van der Waals surface area contributed by atoms with Crippen LogP contribution in [0.15, 0.2) is 48.5 Å². The zero-order chi connectivity index (χ0) is 17.4. The molecule has 6 heteroatoms. The van der Waals surface area contributed by atoms with E-state index in [9.17, 15) is 9.59 Å². The van der Waals surface area contributed by atoms with Gasteiger partial charge in [0, 0.05) is 29.4 Å². The summed E-state index contributed by atoms with van der Waals surface area (Å²) in [5.74, 6) is -0.526. The number of benzene rings is 2. The molecular weight excluding hydrogens is 328 g/mol. The van der Waals surface area contributed by atoms with Crippen molar-refractivity contribution >= 4 is 34.9 Å². The van der Waals surface area contributed by atoms with E-state index < -0.39 is 0 Å². The zero-order valence-corrected chi connectivity index (χ0v) is 14.1. The fourth-order valence-electron chi connectivity index (χ4n) is 2.12. The lowest BCUT2D eigenvalue weighted by molar-refractivity contribution is -0.115. The fraction of sp³-hybridized carbons (Fsp3) is 0.222. The van der Waals surface area contributed by atoms with Gasteiger partial charge in [-0.15, -0.1) is 0 Å². The highest BCUT2D eigenvalue weighted by Gasteiger charge is 2.11. The Kier molecular flexibility index (Phi) is 6.63. The van der Waals surface area contributed by atoms with Gasteiger partial charge < -0.3 is 15.4 Å². The van der Waals surface area contributed by atoms with E-state index in [4.69, 9.17) is 16.3 Å². The van der Waals surface area contributed by atoms with Crippen LogP contribution in [-0.2, 0) is 9.53 Å². The Morgan fingerprint density at radius 3 is 2.67 bits per heavy atom. The normalized spacial score (nSPS) is 10.1. The highest BCUT2D eigenvalue weighted by molar-refractivity contribution is 6.30. The number of carbonyl (C=O) groups excluding carboxylic acids is 2. The maximum Gasteiger partial charge on any atom is 0.340 e. The Hall–Kier alpha value is -2.53. The maximum absolute atomic E-state index is 11.9. The zero-order valence-electron chi connectivity index (χ0n) is 13.3. The number of halogens is 1. The first kappa shape index (κ1) is 17.8. The summed E-state index contributed by atoms with van der Waals surface area (Å²) in [5.41, 5.74) is 1.75. The molecule has 0 unspecified atom stereocenters. The van der Waals surface area contributed by atoms with Crippen LogP contribution in [0.1, 0.15) is 23.7 Å². The topological polar surface area (TPSA) is 67.4 Å². The molecule has 0 aliphatic rings. The predicted molar refractivity (Wildman–Crippen MR) is 95.6 cm³/mol. The van der Waals surface area contributed by atoms with Crippen molar-refractivity contribution in [3.8, 4) is 0 Å². The third kappa shape index (κ3) is 5.28. The Bertz CT molecular complexity index is 719. The first-order chi connectivity index (χ1) is 11.6. The largest absolute Gasteiger partial charge is 0.462 e. The molecule has 5 nitrogen and oxygen atoms in total. The molecule has 0 bridgehead atoms. The van der Waals surface area contributed by atoms with Crippen molar-refractivity contribution in [2.45, 2.75) is 13.3 Å². The molecule has 1 amide bonds. The Balaban J connectivity index is 1.88. The van der Waals surface area contributed by atoms with Crippen LogP contribution in [-0.4, -0.2) is 25.0 Å². The van der Waals surface area contributed by atoms with E-state index in [-0.39, 0.29) is 18.3 Å². The van der Waals surface area contributed by atoms with E-state index in [0.717, 1.165) is 0 Å². The third-order valence-corrected chi connectivity index (χ3v) is 3.43. The molecule has 2 N–H and O–H groups in total. The second kappa shape index (κ2) is 8.93. The number of hydrogen-bond acceptors (Lipinski definition) is 4. The molecule has 0 radical (unpaired) electrons. The van der Waals surface area contributed by atoms with Gasteiger partial charge in [0.1, 0.15) is 0 Å². The van der Waals surface area contributed by atoms with Crippen molar-refractivity contribution in [1.29, 1.82) is 0 Å². The van der Waals surface area contributed by atoms with E-state index in [1.54, 1.807) is 49.4 Å². The number of carbonyl (C=O) groups is 2. The molecule has 0 saturated carbocycles. The van der Waals surface area contributed by atoms with Crippen LogP contribution in [0.25, 0.3) is 0 Å². The third-order valence-electron chi connectivity index (χ3n) is 3.20. The molecule has 2 aromatic carbocycles. The summed E-state index contributed by atoms with van der Waals surface area (Å²) >= 11 is 5.88. The number of rotatable bonds is 7. The molecule has 0 aliphatic heterocycles. The average Bonchev–Trinajstić information content (AvgIpc) is 2.55. The van der Waals surface area contributed by atoms with Crippen molar-refractivity contribution < 1.29 is 14.3 Å². The standard InChI is InChI=1S/C18H19ClN2O3/c1-2-24-18(23)15-8-3-4-9-16(15)20-11-10-17(22)21-14-7-5-6-13(19)12-14/h3-9,12,20H,2,10-11H2,1H3,(H,21,22). The molecular formula is C18H19ClN2O3. The summed E-state index contributed by atoms with van der Waals surface area (Å²) in [6.45, 7) is 2.46. The molecule has 0 aliphatic carbocycles. The van der Waals surface area contributed by atoms with Gasteiger partial charge in [0.05, 0.1) is 12.2 Å². The molecule has 2 rings (SSSR count). The minimum atomic E-state index is -0.385. The minimum absolute atomic E-state index is 0.140. The lowest BCUT2D eigenvalue weighted by Crippen LogP contribution is -2.17. The molecule has 126 valence electrons. The van der Waals surface area contributed by atoms with Crippen LogP contribution < -0.4 is 10.6 Å². The van der Waals surface area contributed by atoms with Gasteiger partial charge >= 0.3 is 5.97 Å². The van der Waals surface area contributed by atoms with Crippen molar-refractivity contribution in [3.63, 3.8) is 0 Å². The Morgan fingerprint density at radius 1 is 1.12 bits per heavy atom. The van der Waals surface area contributed by atoms with Crippen LogP contribution in [0, 0.1) is 0 Å². The van der Waals surface area contributed by atoms with E-state index in [2.05, 4.69) is 10.6 Å². The maximum atomic E-state index is 11.9. The van der Waals surface area contributed by atoms with Crippen molar-refractivity contribution in [2.24, 2.45) is 0 Å². The quantitative estimate of drug-likeness (QED) is 0.745. The van der Waals surface area contributed by atoms with Gasteiger partial charge in [-0.05, 0) is 37.3 Å². The van der Waals surface area contributed by atoms with Gasteiger partial charge in [-0.1, -0.05) is 29.8 Å². The summed E-state index contributed by atoms with van der Waals surface area (Å²) in [7, 11) is 0. The predicted octanol–water partition coefficient (Wildman–Crippen LogP) is 3.96. The summed E-state index contributed by atoms with van der Waals surface area (Å²) in [6.07, 6.45) is 0.254. The van der Waals surface area contributed by atoms with Gasteiger partial charge in [-0.3, -0.25) is 4.79 Å². The van der Waals surface area contributed by atoms with Crippen LogP contribution in [0.3, 0.4) is 0 Å². The Labute approximate surface area is 146 Å². The molecule has 24 heavy (non-hydrogen) atoms. The highest BCUT2D eigenvalue weighted by atomic mass is 35.5. The second-order valence-electron chi connectivity index (χ2n) is 5.00. The smallest absolute Gasteiger partial charge is 0.340 e. The number of hydrogen-bond donors (Lipinski definition) is 2. The lowest BCUT2D eigenvalue weighted by atomic mass is 10.1. The first-order valence-corrected chi connectivity index (χ1v) is 8.03. The van der Waals surface area contributed by atoms with Crippen LogP contribution >= 0.6 is 11.6 Å². The van der Waals surface area contributed by atoms with Crippen LogP contribution in [0.5, 0.6) is 0 Å². The highest BCUT2D eigenvalue weighted by Crippen LogP contribution is 2.17. The number of nitrogens with one attached hydrogen (secondary N) is 2. The van der Waals surface area contributed by atoms with E-state index >= 15 is 0 Å². The molecule has 0 atom stereocenters. The molecule has 0 heterocycles. The van der Waals surface area contributed by atoms with Gasteiger partial charge in [0.15, 0.2) is 0 Å². The molecule has 0 fully saturated rings. The molecule has 0 saturated heterocycles. The molecule has 0 spiro atoms. The second-order valence-corrected chi connectivity index (χ2v) is 5.44. The minimum Gasteiger partial charge on any atom is -0.462 e. The average molecular weight is 347 g/mol. The number of esters is 1. The van der Waals surface area contributed by atoms with E-state index in [1.807, 2.05) is 6.07 Å². The van der Waals surface area contributed by atoms with Crippen molar-refractivity contribution in [2.75, 3.05) is 23.8 Å². The van der Waals surface area contributed by atoms with E-state index in [0.29, 0.717) is 35.1 Å². The Morgan fingerprint density at radius 2 is 1.92 bits per heavy atom. The number of ether oxygens (including phenoxy) is 1. The molecule has 2 aromatic rings. The summed E-state index contributed by atoms with van der Waals surface area (Å²) in [4.78, 5) is 23.8. The van der Waals surface area contributed by atoms with E-state index in [1.165, 1.54) is 0 Å².